The van der Waals surface area contributed by atoms with Crippen LogP contribution in [0.5, 0.6) is 0 Å². The second kappa shape index (κ2) is 8.88. The monoisotopic (exact) mass is 364 g/mol. The molecule has 2 atom stereocenters. The molecule has 1 amide bonds. The van der Waals surface area contributed by atoms with Crippen molar-refractivity contribution in [2.45, 2.75) is 18.8 Å². The van der Waals surface area contributed by atoms with Crippen molar-refractivity contribution in [2.75, 3.05) is 6.54 Å². The predicted molar refractivity (Wildman–Crippen MR) is 88.7 cm³/mol. The number of nitro benzene ring substituents is 1. The average molecular weight is 364 g/mol. The maximum Gasteiger partial charge on any atom is 0.407 e. The number of carbonyl (C=O) groups excluding carboxylic acids is 1. The normalized spacial score (nSPS) is 12.9. The number of hydrogen-bond acceptors (Lipinski definition) is 6. The molecule has 0 bridgehead atoms. The Morgan fingerprint density at radius 3 is 2.54 bits per heavy atom. The zero-order chi connectivity index (χ0) is 19.1. The van der Waals surface area contributed by atoms with E-state index in [1.54, 1.807) is 24.3 Å². The van der Waals surface area contributed by atoms with Gasteiger partial charge in [0, 0.05) is 18.2 Å². The van der Waals surface area contributed by atoms with Gasteiger partial charge in [-0.3, -0.25) is 10.1 Å². The van der Waals surface area contributed by atoms with Gasteiger partial charge in [0.1, 0.15) is 18.8 Å². The molecule has 0 aliphatic carbocycles. The fraction of sp³-hybridized carbons (Fsp3) is 0.235. The van der Waals surface area contributed by atoms with Crippen molar-refractivity contribution in [3.05, 3.63) is 75.6 Å². The molecule has 0 radical (unpaired) electrons. The Bertz CT molecular complexity index is 771. The fourth-order valence-corrected chi connectivity index (χ4v) is 2.19. The summed E-state index contributed by atoms with van der Waals surface area (Å²) in [4.78, 5) is 21.4. The van der Waals surface area contributed by atoms with Crippen LogP contribution in [0.4, 0.5) is 14.9 Å². The molecule has 0 aliphatic rings. The van der Waals surface area contributed by atoms with Gasteiger partial charge in [0.05, 0.1) is 4.92 Å². The Hall–Kier alpha value is -3.04. The summed E-state index contributed by atoms with van der Waals surface area (Å²) in [6, 6.07) is 12.1. The Kier molecular flexibility index (Phi) is 6.59. The summed E-state index contributed by atoms with van der Waals surface area (Å²) >= 11 is 0. The minimum Gasteiger partial charge on any atom is -0.445 e. The third-order valence-electron chi connectivity index (χ3n) is 3.56. The second-order valence-corrected chi connectivity index (χ2v) is 5.39. The lowest BCUT2D eigenvalue weighted by Crippen LogP contribution is -2.36. The van der Waals surface area contributed by atoms with Gasteiger partial charge in [-0.05, 0) is 5.56 Å². The van der Waals surface area contributed by atoms with Crippen LogP contribution in [-0.2, 0) is 11.3 Å². The highest BCUT2D eigenvalue weighted by molar-refractivity contribution is 5.67. The third-order valence-corrected chi connectivity index (χ3v) is 3.56. The van der Waals surface area contributed by atoms with E-state index >= 15 is 0 Å². The number of ether oxygens (including phenoxy) is 1. The van der Waals surface area contributed by atoms with E-state index in [-0.39, 0.29) is 6.61 Å². The fourth-order valence-electron chi connectivity index (χ4n) is 2.19. The molecule has 0 saturated carbocycles. The molecule has 0 saturated heterocycles. The van der Waals surface area contributed by atoms with Crippen LogP contribution in [0.2, 0.25) is 0 Å². The molecule has 26 heavy (non-hydrogen) atoms. The molecule has 0 spiro atoms. The molecule has 138 valence electrons. The van der Waals surface area contributed by atoms with Crippen LogP contribution in [0, 0.1) is 15.9 Å². The summed E-state index contributed by atoms with van der Waals surface area (Å²) in [5.74, 6) is -1.24. The highest BCUT2D eigenvalue weighted by atomic mass is 19.1. The lowest BCUT2D eigenvalue weighted by Gasteiger charge is -2.19. The lowest BCUT2D eigenvalue weighted by molar-refractivity contribution is -0.387. The standard InChI is InChI=1S/C17H17FN2O6/c18-15-12(7-4-8-13(15)20(24)25)16(22)14(21)9-19-17(23)26-10-11-5-2-1-3-6-11/h1-8,14,16,21-22H,9-10H2,(H,19,23). The van der Waals surface area contributed by atoms with Crippen LogP contribution in [0.15, 0.2) is 48.5 Å². The maximum absolute atomic E-state index is 14.0. The van der Waals surface area contributed by atoms with E-state index < -0.39 is 46.8 Å². The molecular formula is C17H17FN2O6. The number of nitrogens with one attached hydrogen (secondary N) is 1. The van der Waals surface area contributed by atoms with E-state index in [0.717, 1.165) is 17.7 Å². The number of aliphatic hydroxyl groups is 2. The van der Waals surface area contributed by atoms with Crippen molar-refractivity contribution in [1.82, 2.24) is 5.32 Å². The Balaban J connectivity index is 1.89. The molecule has 3 N–H and O–H groups in total. The van der Waals surface area contributed by atoms with E-state index in [9.17, 15) is 29.5 Å². The first-order valence-electron chi connectivity index (χ1n) is 7.63. The molecular weight excluding hydrogens is 347 g/mol. The Labute approximate surface area is 148 Å². The highest BCUT2D eigenvalue weighted by Gasteiger charge is 2.26. The maximum atomic E-state index is 14.0. The van der Waals surface area contributed by atoms with Crippen molar-refractivity contribution in [2.24, 2.45) is 0 Å². The van der Waals surface area contributed by atoms with Gasteiger partial charge >= 0.3 is 11.8 Å². The SMILES string of the molecule is O=C(NCC(O)C(O)c1cccc([N+](=O)[O-])c1F)OCc1ccccc1. The molecule has 0 fully saturated rings. The Morgan fingerprint density at radius 1 is 1.19 bits per heavy atom. The van der Waals surface area contributed by atoms with Gasteiger partial charge in [-0.25, -0.2) is 4.79 Å². The van der Waals surface area contributed by atoms with Crippen LogP contribution in [0.3, 0.4) is 0 Å². The molecule has 2 unspecified atom stereocenters. The number of halogens is 1. The van der Waals surface area contributed by atoms with Crippen LogP contribution < -0.4 is 5.32 Å². The lowest BCUT2D eigenvalue weighted by atomic mass is 10.0. The van der Waals surface area contributed by atoms with Gasteiger partial charge in [0.15, 0.2) is 0 Å². The van der Waals surface area contributed by atoms with Gasteiger partial charge in [0.25, 0.3) is 0 Å². The molecule has 8 nitrogen and oxygen atoms in total. The summed E-state index contributed by atoms with van der Waals surface area (Å²) in [6.45, 7) is -0.415. The predicted octanol–water partition coefficient (Wildman–Crippen LogP) is 2.05. The van der Waals surface area contributed by atoms with Gasteiger partial charge in [-0.2, -0.15) is 4.39 Å². The van der Waals surface area contributed by atoms with Crippen molar-refractivity contribution in [3.8, 4) is 0 Å². The molecule has 0 aromatic heterocycles. The van der Waals surface area contributed by atoms with Crippen LogP contribution in [0.25, 0.3) is 0 Å². The summed E-state index contributed by atoms with van der Waals surface area (Å²) in [6.07, 6.45) is -4.18. The average Bonchev–Trinajstić information content (AvgIpc) is 2.64. The van der Waals surface area contributed by atoms with Gasteiger partial charge in [0.2, 0.25) is 5.82 Å². The molecule has 9 heteroatoms. The van der Waals surface area contributed by atoms with Gasteiger partial charge in [-0.1, -0.05) is 42.5 Å². The first-order chi connectivity index (χ1) is 12.4. The number of aliphatic hydroxyl groups excluding tert-OH is 2. The molecule has 2 rings (SSSR count). The highest BCUT2D eigenvalue weighted by Crippen LogP contribution is 2.26. The molecule has 0 heterocycles. The number of alkyl carbamates (subject to hydrolysis) is 1. The number of nitrogens with zero attached hydrogens (tertiary/aromatic N) is 1. The minimum atomic E-state index is -1.76. The number of rotatable bonds is 7. The largest absolute Gasteiger partial charge is 0.445 e. The first-order valence-corrected chi connectivity index (χ1v) is 7.63. The van der Waals surface area contributed by atoms with Crippen molar-refractivity contribution in [3.63, 3.8) is 0 Å². The van der Waals surface area contributed by atoms with E-state index in [4.69, 9.17) is 4.74 Å². The van der Waals surface area contributed by atoms with Crippen LogP contribution in [0.1, 0.15) is 17.2 Å². The third kappa shape index (κ3) is 4.98. The number of hydrogen-bond donors (Lipinski definition) is 3. The zero-order valence-electron chi connectivity index (χ0n) is 13.5. The molecule has 0 aliphatic heterocycles. The van der Waals surface area contributed by atoms with Crippen LogP contribution in [-0.4, -0.2) is 33.9 Å². The summed E-state index contributed by atoms with van der Waals surface area (Å²) < 4.78 is 18.9. The van der Waals surface area contributed by atoms with Crippen molar-refractivity contribution in [1.29, 1.82) is 0 Å². The molecule has 2 aromatic carbocycles. The minimum absolute atomic E-state index is 0.0187. The number of benzene rings is 2. The van der Waals surface area contributed by atoms with Crippen LogP contribution >= 0.6 is 0 Å². The zero-order valence-corrected chi connectivity index (χ0v) is 13.5. The topological polar surface area (TPSA) is 122 Å². The Morgan fingerprint density at radius 2 is 1.88 bits per heavy atom. The molecule has 2 aromatic rings. The summed E-state index contributed by atoms with van der Waals surface area (Å²) in [5, 5.41) is 32.8. The second-order valence-electron chi connectivity index (χ2n) is 5.39. The van der Waals surface area contributed by atoms with Crippen molar-refractivity contribution >= 4 is 11.8 Å². The number of carbonyl (C=O) groups is 1. The smallest absolute Gasteiger partial charge is 0.407 e. The number of amides is 1. The van der Waals surface area contributed by atoms with E-state index in [0.29, 0.717) is 0 Å². The summed E-state index contributed by atoms with van der Waals surface area (Å²) in [5.41, 5.74) is -0.489. The number of nitro groups is 1. The van der Waals surface area contributed by atoms with Gasteiger partial charge < -0.3 is 20.3 Å². The van der Waals surface area contributed by atoms with E-state index in [2.05, 4.69) is 5.32 Å². The van der Waals surface area contributed by atoms with Crippen molar-refractivity contribution < 1.29 is 29.1 Å². The first kappa shape index (κ1) is 19.3. The van der Waals surface area contributed by atoms with E-state index in [1.807, 2.05) is 6.07 Å². The summed E-state index contributed by atoms with van der Waals surface area (Å²) in [7, 11) is 0. The van der Waals surface area contributed by atoms with E-state index in [1.165, 1.54) is 6.07 Å². The van der Waals surface area contributed by atoms with Gasteiger partial charge in [-0.15, -0.1) is 0 Å². The quantitative estimate of drug-likeness (QED) is 0.511.